The van der Waals surface area contributed by atoms with E-state index in [1.165, 1.54) is 11.1 Å². The van der Waals surface area contributed by atoms with E-state index in [1.807, 2.05) is 36.4 Å². The molecule has 0 unspecified atom stereocenters. The van der Waals surface area contributed by atoms with Crippen LogP contribution in [0.4, 0.5) is 5.69 Å². The van der Waals surface area contributed by atoms with Crippen molar-refractivity contribution in [2.75, 3.05) is 25.0 Å². The minimum atomic E-state index is 0.571. The topological polar surface area (TPSA) is 71.7 Å². The number of nitrogens with two attached hydrogens (primary N) is 1. The Morgan fingerprint density at radius 2 is 1.86 bits per heavy atom. The molecule has 2 rings (SSSR count). The van der Waals surface area contributed by atoms with Crippen molar-refractivity contribution in [1.82, 2.24) is 5.32 Å². The number of hydrogen-bond acceptors (Lipinski definition) is 3. The Balaban J connectivity index is 1.92. The van der Waals surface area contributed by atoms with E-state index in [-0.39, 0.29) is 0 Å². The summed E-state index contributed by atoms with van der Waals surface area (Å²) in [6, 6.07) is 16.3. The van der Waals surface area contributed by atoms with Gasteiger partial charge in [-0.15, -0.1) is 0 Å². The molecule has 0 aromatic heterocycles. The zero-order chi connectivity index (χ0) is 20.2. The van der Waals surface area contributed by atoms with Crippen molar-refractivity contribution in [2.24, 2.45) is 16.6 Å². The Morgan fingerprint density at radius 3 is 2.54 bits per heavy atom. The molecule has 28 heavy (non-hydrogen) atoms. The summed E-state index contributed by atoms with van der Waals surface area (Å²) in [6.45, 7) is 9.36. The van der Waals surface area contributed by atoms with Crippen molar-refractivity contribution >= 4 is 11.6 Å². The second-order valence-corrected chi connectivity index (χ2v) is 7.35. The Kier molecular flexibility index (Phi) is 9.35. The Bertz CT molecular complexity index is 726. The molecule has 0 saturated carbocycles. The standard InChI is InChI=1S/C23H34N4O/c1-18(2)13-16-26-23(25-15-6-14-24)27-21-9-11-22(12-10-21)28-17-20-8-5-4-7-19(20)3/h4-5,7-12,18H,6,13-17,24H2,1-3H3,(H2,25,26,27). The van der Waals surface area contributed by atoms with Gasteiger partial charge in [0.05, 0.1) is 0 Å². The number of aryl methyl sites for hydroxylation is 1. The van der Waals surface area contributed by atoms with Crippen LogP contribution in [-0.2, 0) is 6.61 Å². The number of rotatable bonds is 10. The molecule has 5 nitrogen and oxygen atoms in total. The molecule has 5 heteroatoms. The second kappa shape index (κ2) is 12.0. The Labute approximate surface area is 169 Å². The lowest BCUT2D eigenvalue weighted by Gasteiger charge is -2.14. The molecule has 0 spiro atoms. The van der Waals surface area contributed by atoms with Crippen LogP contribution in [0, 0.1) is 12.8 Å². The van der Waals surface area contributed by atoms with Crippen molar-refractivity contribution in [3.63, 3.8) is 0 Å². The first-order valence-corrected chi connectivity index (χ1v) is 10.1. The SMILES string of the molecule is Cc1ccccc1COc1ccc(N/C(=N/CCC(C)C)NCCCN)cc1. The van der Waals surface area contributed by atoms with E-state index < -0.39 is 0 Å². The maximum Gasteiger partial charge on any atom is 0.195 e. The largest absolute Gasteiger partial charge is 0.489 e. The molecule has 4 N–H and O–H groups in total. The zero-order valence-electron chi connectivity index (χ0n) is 17.4. The molecule has 0 aliphatic rings. The maximum atomic E-state index is 5.92. The molecule has 0 atom stereocenters. The molecular formula is C23H34N4O. The fraction of sp³-hybridized carbons (Fsp3) is 0.435. The van der Waals surface area contributed by atoms with Crippen LogP contribution in [0.5, 0.6) is 5.75 Å². The van der Waals surface area contributed by atoms with E-state index in [0.717, 1.165) is 43.3 Å². The normalized spacial score (nSPS) is 11.5. The highest BCUT2D eigenvalue weighted by molar-refractivity contribution is 5.93. The lowest BCUT2D eigenvalue weighted by atomic mass is 10.1. The van der Waals surface area contributed by atoms with E-state index in [1.54, 1.807) is 0 Å². The molecule has 2 aromatic rings. The average Bonchev–Trinajstić information content (AvgIpc) is 2.68. The van der Waals surface area contributed by atoms with Gasteiger partial charge in [-0.2, -0.15) is 0 Å². The third-order valence-corrected chi connectivity index (χ3v) is 4.42. The number of guanidine groups is 1. The monoisotopic (exact) mass is 382 g/mol. The molecule has 0 heterocycles. The van der Waals surface area contributed by atoms with Gasteiger partial charge in [0.15, 0.2) is 5.96 Å². The van der Waals surface area contributed by atoms with Crippen molar-refractivity contribution < 1.29 is 4.74 Å². The van der Waals surface area contributed by atoms with Crippen LogP contribution in [0.3, 0.4) is 0 Å². The van der Waals surface area contributed by atoms with Gasteiger partial charge in [-0.1, -0.05) is 38.1 Å². The van der Waals surface area contributed by atoms with Crippen molar-refractivity contribution in [3.05, 3.63) is 59.7 Å². The van der Waals surface area contributed by atoms with E-state index in [4.69, 9.17) is 10.5 Å². The summed E-state index contributed by atoms with van der Waals surface area (Å²) in [5.41, 5.74) is 9.01. The quantitative estimate of drug-likeness (QED) is 0.325. The Hall–Kier alpha value is -2.53. The first-order chi connectivity index (χ1) is 13.6. The number of ether oxygens (including phenoxy) is 1. The lowest BCUT2D eigenvalue weighted by molar-refractivity contribution is 0.305. The molecule has 0 saturated heterocycles. The number of nitrogens with zero attached hydrogens (tertiary/aromatic N) is 1. The van der Waals surface area contributed by atoms with Crippen LogP contribution in [0.15, 0.2) is 53.5 Å². The van der Waals surface area contributed by atoms with E-state index in [0.29, 0.717) is 19.1 Å². The van der Waals surface area contributed by atoms with Crippen LogP contribution in [0.1, 0.15) is 37.8 Å². The molecule has 152 valence electrons. The predicted molar refractivity (Wildman–Crippen MR) is 119 cm³/mol. The van der Waals surface area contributed by atoms with Gasteiger partial charge in [0.25, 0.3) is 0 Å². The zero-order valence-corrected chi connectivity index (χ0v) is 17.4. The highest BCUT2D eigenvalue weighted by Gasteiger charge is 2.03. The molecule has 0 fully saturated rings. The van der Waals surface area contributed by atoms with Crippen molar-refractivity contribution in [1.29, 1.82) is 0 Å². The van der Waals surface area contributed by atoms with Gasteiger partial charge >= 0.3 is 0 Å². The van der Waals surface area contributed by atoms with Gasteiger partial charge in [-0.05, 0) is 67.6 Å². The summed E-state index contributed by atoms with van der Waals surface area (Å²) in [4.78, 5) is 4.66. The highest BCUT2D eigenvalue weighted by atomic mass is 16.5. The van der Waals surface area contributed by atoms with E-state index >= 15 is 0 Å². The van der Waals surface area contributed by atoms with Crippen molar-refractivity contribution in [2.45, 2.75) is 40.2 Å². The number of aliphatic imine (C=N–C) groups is 1. The third kappa shape index (κ3) is 8.01. The van der Waals surface area contributed by atoms with Gasteiger partial charge in [-0.25, -0.2) is 0 Å². The Morgan fingerprint density at radius 1 is 1.11 bits per heavy atom. The van der Waals surface area contributed by atoms with Crippen LogP contribution in [0.25, 0.3) is 0 Å². The highest BCUT2D eigenvalue weighted by Crippen LogP contribution is 2.18. The number of anilines is 1. The molecule has 0 aliphatic heterocycles. The maximum absolute atomic E-state index is 5.92. The summed E-state index contributed by atoms with van der Waals surface area (Å²) in [5, 5.41) is 6.70. The molecular weight excluding hydrogens is 348 g/mol. The molecule has 0 aliphatic carbocycles. The molecule has 0 radical (unpaired) electrons. The van der Waals surface area contributed by atoms with E-state index in [9.17, 15) is 0 Å². The second-order valence-electron chi connectivity index (χ2n) is 7.35. The lowest BCUT2D eigenvalue weighted by Crippen LogP contribution is -2.32. The van der Waals surface area contributed by atoms with Crippen LogP contribution >= 0.6 is 0 Å². The van der Waals surface area contributed by atoms with E-state index in [2.05, 4.69) is 48.5 Å². The fourth-order valence-electron chi connectivity index (χ4n) is 2.59. The molecule has 0 amide bonds. The molecule has 2 aromatic carbocycles. The van der Waals surface area contributed by atoms with Gasteiger partial charge in [0, 0.05) is 18.8 Å². The van der Waals surface area contributed by atoms with Crippen molar-refractivity contribution in [3.8, 4) is 5.75 Å². The van der Waals surface area contributed by atoms with Crippen LogP contribution in [0.2, 0.25) is 0 Å². The molecule has 0 bridgehead atoms. The fourth-order valence-corrected chi connectivity index (χ4v) is 2.59. The summed E-state index contributed by atoms with van der Waals surface area (Å²) in [5.74, 6) is 2.28. The first kappa shape index (κ1) is 21.8. The minimum Gasteiger partial charge on any atom is -0.489 e. The average molecular weight is 383 g/mol. The number of nitrogens with one attached hydrogen (secondary N) is 2. The summed E-state index contributed by atoms with van der Waals surface area (Å²) in [7, 11) is 0. The van der Waals surface area contributed by atoms with Gasteiger partial charge in [0.1, 0.15) is 12.4 Å². The third-order valence-electron chi connectivity index (χ3n) is 4.42. The first-order valence-electron chi connectivity index (χ1n) is 10.1. The summed E-state index contributed by atoms with van der Waals surface area (Å²) in [6.07, 6.45) is 1.98. The predicted octanol–water partition coefficient (Wildman–Crippen LogP) is 4.33. The minimum absolute atomic E-state index is 0.571. The van der Waals surface area contributed by atoms with Gasteiger partial charge in [0.2, 0.25) is 0 Å². The number of hydrogen-bond donors (Lipinski definition) is 3. The summed E-state index contributed by atoms with van der Waals surface area (Å²) < 4.78 is 5.92. The van der Waals surface area contributed by atoms with Gasteiger partial charge in [-0.3, -0.25) is 4.99 Å². The van der Waals surface area contributed by atoms with Gasteiger partial charge < -0.3 is 21.1 Å². The smallest absolute Gasteiger partial charge is 0.195 e. The summed E-state index contributed by atoms with van der Waals surface area (Å²) >= 11 is 0. The van der Waals surface area contributed by atoms with Crippen LogP contribution < -0.4 is 21.1 Å². The number of benzene rings is 2. The van der Waals surface area contributed by atoms with Crippen LogP contribution in [-0.4, -0.2) is 25.6 Å².